The van der Waals surface area contributed by atoms with Gasteiger partial charge in [-0.1, -0.05) is 32.9 Å². The average molecular weight is 424 g/mol. The molecule has 8 heteroatoms. The Bertz CT molecular complexity index is 954. The van der Waals surface area contributed by atoms with E-state index >= 15 is 0 Å². The number of hydrogen-bond acceptors (Lipinski definition) is 4. The molecular weight excluding hydrogens is 397 g/mol. The first-order chi connectivity index (χ1) is 13.8. The molecule has 0 spiro atoms. The number of rotatable bonds is 5. The predicted molar refractivity (Wildman–Crippen MR) is 105 cm³/mol. The summed E-state index contributed by atoms with van der Waals surface area (Å²) in [6, 6.07) is 4.01. The highest BCUT2D eigenvalue weighted by Crippen LogP contribution is 2.43. The highest BCUT2D eigenvalue weighted by Gasteiger charge is 2.37. The highest BCUT2D eigenvalue weighted by atomic mass is 19.4. The van der Waals surface area contributed by atoms with Gasteiger partial charge in [-0.25, -0.2) is 9.78 Å². The Morgan fingerprint density at radius 1 is 1.30 bits per heavy atom. The maximum absolute atomic E-state index is 13.9. The second-order valence-corrected chi connectivity index (χ2v) is 8.89. The summed E-state index contributed by atoms with van der Waals surface area (Å²) in [7, 11) is 1.24. The van der Waals surface area contributed by atoms with Gasteiger partial charge in [0.1, 0.15) is 5.82 Å². The molecule has 0 radical (unpaired) electrons. The summed E-state index contributed by atoms with van der Waals surface area (Å²) in [5.74, 6) is -0.103. The Hall–Kier alpha value is -2.35. The lowest BCUT2D eigenvalue weighted by molar-refractivity contribution is -0.138. The number of imidazole rings is 1. The van der Waals surface area contributed by atoms with Crippen LogP contribution in [0.1, 0.15) is 78.4 Å². The van der Waals surface area contributed by atoms with Crippen LogP contribution in [0.3, 0.4) is 0 Å². The minimum atomic E-state index is -4.57. The van der Waals surface area contributed by atoms with E-state index in [9.17, 15) is 23.1 Å². The van der Waals surface area contributed by atoms with Crippen molar-refractivity contribution >= 4 is 5.97 Å². The number of alkyl halides is 3. The lowest BCUT2D eigenvalue weighted by Gasteiger charge is -2.23. The summed E-state index contributed by atoms with van der Waals surface area (Å²) in [5, 5.41) is 10.3. The Morgan fingerprint density at radius 2 is 1.93 bits per heavy atom. The number of methoxy groups -OCH3 is 1. The number of halogens is 3. The minimum Gasteiger partial charge on any atom is -0.464 e. The smallest absolute Gasteiger partial charge is 0.416 e. The number of aliphatic hydroxyl groups excluding tert-OH is 1. The molecule has 3 rings (SSSR count). The standard InChI is InChI=1S/C22H27F3N2O3/c1-12-17(19(29)30-5)26-20(21(2,3)4)27(12)11-15-9-8-14(18(28)13-6-7-13)10-16(15)22(23,24)25/h8-10,13,18,28H,6-7,11H2,1-5H3. The summed E-state index contributed by atoms with van der Waals surface area (Å²) in [6.07, 6.45) is -3.81. The summed E-state index contributed by atoms with van der Waals surface area (Å²) in [6.45, 7) is 7.19. The number of nitrogens with zero attached hydrogens (tertiary/aromatic N) is 2. The van der Waals surface area contributed by atoms with Gasteiger partial charge in [0, 0.05) is 17.7 Å². The lowest BCUT2D eigenvalue weighted by Crippen LogP contribution is -2.21. The number of carbonyl (C=O) groups is 1. The summed E-state index contributed by atoms with van der Waals surface area (Å²) >= 11 is 0. The maximum Gasteiger partial charge on any atom is 0.416 e. The Labute approximate surface area is 173 Å². The van der Waals surface area contributed by atoms with Gasteiger partial charge < -0.3 is 14.4 Å². The number of aliphatic hydroxyl groups is 1. The van der Waals surface area contributed by atoms with Gasteiger partial charge in [-0.15, -0.1) is 0 Å². The number of ether oxygens (including phenoxy) is 1. The number of hydrogen-bond donors (Lipinski definition) is 1. The van der Waals surface area contributed by atoms with Gasteiger partial charge in [-0.3, -0.25) is 0 Å². The number of carbonyl (C=O) groups excluding carboxylic acids is 1. The zero-order valence-corrected chi connectivity index (χ0v) is 17.8. The normalized spacial score (nSPS) is 15.9. The second-order valence-electron chi connectivity index (χ2n) is 8.89. The lowest BCUT2D eigenvalue weighted by atomic mass is 9.95. The molecule has 1 aromatic heterocycles. The Kier molecular flexibility index (Phi) is 5.75. The van der Waals surface area contributed by atoms with Gasteiger partial charge in [0.05, 0.1) is 18.8 Å². The van der Waals surface area contributed by atoms with Crippen molar-refractivity contribution in [2.75, 3.05) is 7.11 Å². The van der Waals surface area contributed by atoms with Gasteiger partial charge in [-0.05, 0) is 42.9 Å². The fraction of sp³-hybridized carbons (Fsp3) is 0.545. The van der Waals surface area contributed by atoms with Crippen molar-refractivity contribution in [2.45, 2.75) is 64.8 Å². The van der Waals surface area contributed by atoms with Crippen molar-refractivity contribution in [3.8, 4) is 0 Å². The molecule has 1 heterocycles. The maximum atomic E-state index is 13.9. The fourth-order valence-corrected chi connectivity index (χ4v) is 3.62. The van der Waals surface area contributed by atoms with E-state index in [4.69, 9.17) is 4.74 Å². The summed E-state index contributed by atoms with van der Waals surface area (Å²) < 4.78 is 48.0. The molecule has 0 amide bonds. The van der Waals surface area contributed by atoms with E-state index in [-0.39, 0.29) is 29.3 Å². The topological polar surface area (TPSA) is 64.3 Å². The fourth-order valence-electron chi connectivity index (χ4n) is 3.62. The molecule has 1 aromatic carbocycles. The monoisotopic (exact) mass is 424 g/mol. The molecule has 0 saturated heterocycles. The molecule has 0 bridgehead atoms. The van der Waals surface area contributed by atoms with E-state index in [0.29, 0.717) is 11.5 Å². The van der Waals surface area contributed by atoms with Crippen LogP contribution in [0.4, 0.5) is 13.2 Å². The van der Waals surface area contributed by atoms with Crippen LogP contribution < -0.4 is 0 Å². The minimum absolute atomic E-state index is 0.0305. The van der Waals surface area contributed by atoms with E-state index in [0.717, 1.165) is 18.9 Å². The predicted octanol–water partition coefficient (Wildman–Crippen LogP) is 4.79. The van der Waals surface area contributed by atoms with Crippen molar-refractivity contribution < 1.29 is 27.8 Å². The first-order valence-electron chi connectivity index (χ1n) is 9.88. The van der Waals surface area contributed by atoms with Gasteiger partial charge >= 0.3 is 12.1 Å². The number of aromatic nitrogens is 2. The van der Waals surface area contributed by atoms with Gasteiger partial charge in [-0.2, -0.15) is 13.2 Å². The van der Waals surface area contributed by atoms with Crippen LogP contribution in [0.15, 0.2) is 18.2 Å². The molecule has 1 fully saturated rings. The van der Waals surface area contributed by atoms with E-state index < -0.39 is 29.2 Å². The van der Waals surface area contributed by atoms with E-state index in [1.165, 1.54) is 13.2 Å². The van der Waals surface area contributed by atoms with Gasteiger partial charge in [0.15, 0.2) is 5.69 Å². The molecule has 164 valence electrons. The third kappa shape index (κ3) is 4.38. The van der Waals surface area contributed by atoms with Gasteiger partial charge in [0.25, 0.3) is 0 Å². The Morgan fingerprint density at radius 3 is 2.43 bits per heavy atom. The first kappa shape index (κ1) is 22.3. The van der Waals surface area contributed by atoms with Crippen LogP contribution in [0.2, 0.25) is 0 Å². The molecule has 1 N–H and O–H groups in total. The zero-order valence-electron chi connectivity index (χ0n) is 17.8. The Balaban J connectivity index is 2.09. The van der Waals surface area contributed by atoms with Crippen LogP contribution in [0, 0.1) is 12.8 Å². The zero-order chi connectivity index (χ0) is 22.4. The molecule has 0 aliphatic heterocycles. The quantitative estimate of drug-likeness (QED) is 0.702. The van der Waals surface area contributed by atoms with Crippen LogP contribution >= 0.6 is 0 Å². The number of esters is 1. The van der Waals surface area contributed by atoms with Crippen molar-refractivity contribution in [2.24, 2.45) is 5.92 Å². The summed E-state index contributed by atoms with van der Waals surface area (Å²) in [4.78, 5) is 16.5. The molecule has 5 nitrogen and oxygen atoms in total. The molecule has 2 aromatic rings. The van der Waals surface area contributed by atoms with E-state index in [1.54, 1.807) is 17.6 Å². The molecular formula is C22H27F3N2O3. The van der Waals surface area contributed by atoms with Crippen molar-refractivity contribution in [3.05, 3.63) is 52.1 Å². The van der Waals surface area contributed by atoms with Crippen LogP contribution in [-0.2, 0) is 22.9 Å². The number of benzene rings is 1. The average Bonchev–Trinajstić information content (AvgIpc) is 3.44. The van der Waals surface area contributed by atoms with E-state index in [2.05, 4.69) is 4.98 Å². The SMILES string of the molecule is COC(=O)c1nc(C(C)(C)C)n(Cc2ccc(C(O)C3CC3)cc2C(F)(F)F)c1C. The van der Waals surface area contributed by atoms with Crippen LogP contribution in [-0.4, -0.2) is 27.7 Å². The van der Waals surface area contributed by atoms with Gasteiger partial charge in [0.2, 0.25) is 0 Å². The largest absolute Gasteiger partial charge is 0.464 e. The first-order valence-corrected chi connectivity index (χ1v) is 9.88. The molecule has 1 aliphatic carbocycles. The second kappa shape index (κ2) is 7.72. The third-order valence-electron chi connectivity index (χ3n) is 5.45. The van der Waals surface area contributed by atoms with Crippen LogP contribution in [0.5, 0.6) is 0 Å². The molecule has 1 saturated carbocycles. The molecule has 30 heavy (non-hydrogen) atoms. The van der Waals surface area contributed by atoms with Crippen molar-refractivity contribution in [1.29, 1.82) is 0 Å². The van der Waals surface area contributed by atoms with E-state index in [1.807, 2.05) is 20.8 Å². The third-order valence-corrected chi connectivity index (χ3v) is 5.45. The molecule has 1 atom stereocenters. The van der Waals surface area contributed by atoms with Crippen molar-refractivity contribution in [1.82, 2.24) is 9.55 Å². The molecule has 1 unspecified atom stereocenters. The van der Waals surface area contributed by atoms with Crippen LogP contribution in [0.25, 0.3) is 0 Å². The summed E-state index contributed by atoms with van der Waals surface area (Å²) in [5.41, 5.74) is -0.415. The van der Waals surface area contributed by atoms with Crippen molar-refractivity contribution in [3.63, 3.8) is 0 Å². The molecule has 1 aliphatic rings. The highest BCUT2D eigenvalue weighted by molar-refractivity contribution is 5.88.